The van der Waals surface area contributed by atoms with Crippen LogP contribution in [0, 0.1) is 6.92 Å². The van der Waals surface area contributed by atoms with Gasteiger partial charge in [0.15, 0.2) is 11.0 Å². The highest BCUT2D eigenvalue weighted by Crippen LogP contribution is 2.32. The maximum atomic E-state index is 12.5. The Kier molecular flexibility index (Phi) is 6.61. The Balaban J connectivity index is 1.62. The number of hydrogen-bond donors (Lipinski definition) is 1. The van der Waals surface area contributed by atoms with Crippen LogP contribution in [0.5, 0.6) is 0 Å². The summed E-state index contributed by atoms with van der Waals surface area (Å²) in [5, 5.41) is 13.4. The van der Waals surface area contributed by atoms with E-state index in [0.29, 0.717) is 21.0 Å². The first kappa shape index (κ1) is 21.4. The molecule has 4 aromatic rings. The van der Waals surface area contributed by atoms with Crippen molar-refractivity contribution in [3.63, 3.8) is 0 Å². The molecule has 5 nitrogen and oxygen atoms in total. The lowest BCUT2D eigenvalue weighted by Crippen LogP contribution is -2.14. The monoisotopic (exact) mass is 468 g/mol. The molecule has 3 aromatic carbocycles. The van der Waals surface area contributed by atoms with E-state index in [1.807, 2.05) is 66.1 Å². The van der Waals surface area contributed by atoms with E-state index < -0.39 is 0 Å². The number of nitrogens with one attached hydrogen (secondary N) is 1. The quantitative estimate of drug-likeness (QED) is 0.338. The first-order chi connectivity index (χ1) is 15.0. The second kappa shape index (κ2) is 9.56. The lowest BCUT2D eigenvalue weighted by molar-refractivity contribution is -0.113. The number of benzene rings is 3. The maximum absolute atomic E-state index is 12.5. The van der Waals surface area contributed by atoms with Crippen molar-refractivity contribution < 1.29 is 4.79 Å². The third-order valence-corrected chi connectivity index (χ3v) is 5.98. The lowest BCUT2D eigenvalue weighted by Gasteiger charge is -2.11. The standard InChI is InChI=1S/C23H18Cl2N4OS/c1-15-5-4-6-17(13-15)26-21(30)14-31-23-28-27-22(19-7-2-3-8-20(19)25)29(23)18-11-9-16(24)10-12-18/h2-13H,14H2,1H3,(H,26,30). The van der Waals surface area contributed by atoms with Crippen molar-refractivity contribution in [3.8, 4) is 17.1 Å². The minimum atomic E-state index is -0.124. The van der Waals surface area contributed by atoms with Gasteiger partial charge < -0.3 is 5.32 Å². The summed E-state index contributed by atoms with van der Waals surface area (Å²) in [6, 6.07) is 22.5. The van der Waals surface area contributed by atoms with Crippen molar-refractivity contribution in [1.29, 1.82) is 0 Å². The molecule has 0 aliphatic heterocycles. The summed E-state index contributed by atoms with van der Waals surface area (Å²) in [7, 11) is 0. The molecule has 0 atom stereocenters. The fourth-order valence-electron chi connectivity index (χ4n) is 3.05. The van der Waals surface area contributed by atoms with Crippen LogP contribution in [0.3, 0.4) is 0 Å². The molecular formula is C23H18Cl2N4OS. The Hall–Kier alpha value is -2.80. The average Bonchev–Trinajstić information content (AvgIpc) is 3.17. The summed E-state index contributed by atoms with van der Waals surface area (Å²) in [5.41, 5.74) is 3.42. The zero-order valence-electron chi connectivity index (χ0n) is 16.5. The van der Waals surface area contributed by atoms with Gasteiger partial charge in [0.2, 0.25) is 5.91 Å². The fourth-order valence-corrected chi connectivity index (χ4v) is 4.15. The number of aromatic nitrogens is 3. The molecule has 1 amide bonds. The van der Waals surface area contributed by atoms with Gasteiger partial charge in [0.25, 0.3) is 0 Å². The van der Waals surface area contributed by atoms with Crippen LogP contribution in [0.2, 0.25) is 10.0 Å². The molecule has 1 N–H and O–H groups in total. The number of halogens is 2. The highest BCUT2D eigenvalue weighted by molar-refractivity contribution is 7.99. The number of aryl methyl sites for hydroxylation is 1. The highest BCUT2D eigenvalue weighted by Gasteiger charge is 2.19. The predicted molar refractivity (Wildman–Crippen MR) is 127 cm³/mol. The lowest BCUT2D eigenvalue weighted by atomic mass is 10.2. The van der Waals surface area contributed by atoms with Crippen LogP contribution in [0.15, 0.2) is 78.0 Å². The van der Waals surface area contributed by atoms with E-state index in [0.717, 1.165) is 22.5 Å². The summed E-state index contributed by atoms with van der Waals surface area (Å²) in [6.07, 6.45) is 0. The summed E-state index contributed by atoms with van der Waals surface area (Å²) >= 11 is 13.8. The number of thioether (sulfide) groups is 1. The zero-order valence-corrected chi connectivity index (χ0v) is 18.9. The van der Waals surface area contributed by atoms with Crippen LogP contribution in [-0.4, -0.2) is 26.4 Å². The van der Waals surface area contributed by atoms with E-state index in [2.05, 4.69) is 15.5 Å². The second-order valence-electron chi connectivity index (χ2n) is 6.80. The van der Waals surface area contributed by atoms with E-state index in [1.54, 1.807) is 18.2 Å². The van der Waals surface area contributed by atoms with Gasteiger partial charge in [0, 0.05) is 22.0 Å². The van der Waals surface area contributed by atoms with Crippen LogP contribution < -0.4 is 5.32 Å². The molecule has 1 heterocycles. The van der Waals surface area contributed by atoms with Crippen LogP contribution in [-0.2, 0) is 4.79 Å². The Bertz CT molecular complexity index is 1220. The first-order valence-corrected chi connectivity index (χ1v) is 11.2. The number of rotatable bonds is 6. The van der Waals surface area contributed by atoms with Gasteiger partial charge in [-0.1, -0.05) is 59.2 Å². The SMILES string of the molecule is Cc1cccc(NC(=O)CSc2nnc(-c3ccccc3Cl)n2-c2ccc(Cl)cc2)c1. The van der Waals surface area contributed by atoms with Gasteiger partial charge in [-0.25, -0.2) is 0 Å². The van der Waals surface area contributed by atoms with Crippen molar-refractivity contribution in [2.24, 2.45) is 0 Å². The van der Waals surface area contributed by atoms with Gasteiger partial charge in [-0.3, -0.25) is 9.36 Å². The molecule has 1 aromatic heterocycles. The van der Waals surface area contributed by atoms with E-state index in [-0.39, 0.29) is 11.7 Å². The number of carbonyl (C=O) groups is 1. The van der Waals surface area contributed by atoms with Crippen molar-refractivity contribution in [2.75, 3.05) is 11.1 Å². The summed E-state index contributed by atoms with van der Waals surface area (Å²) in [5.74, 6) is 0.650. The van der Waals surface area contributed by atoms with Crippen LogP contribution >= 0.6 is 35.0 Å². The molecule has 0 spiro atoms. The van der Waals surface area contributed by atoms with Gasteiger partial charge in [0.1, 0.15) is 0 Å². The van der Waals surface area contributed by atoms with Crippen LogP contribution in [0.25, 0.3) is 17.1 Å². The molecule has 0 fully saturated rings. The Morgan fingerprint density at radius 1 is 1.00 bits per heavy atom. The van der Waals surface area contributed by atoms with Gasteiger partial charge >= 0.3 is 0 Å². The smallest absolute Gasteiger partial charge is 0.234 e. The zero-order chi connectivity index (χ0) is 21.8. The molecule has 4 rings (SSSR count). The molecule has 31 heavy (non-hydrogen) atoms. The van der Waals surface area contributed by atoms with Crippen molar-refractivity contribution >= 4 is 46.6 Å². The number of nitrogens with zero attached hydrogens (tertiary/aromatic N) is 3. The van der Waals surface area contributed by atoms with E-state index >= 15 is 0 Å². The topological polar surface area (TPSA) is 59.8 Å². The maximum Gasteiger partial charge on any atom is 0.234 e. The number of carbonyl (C=O) groups excluding carboxylic acids is 1. The largest absolute Gasteiger partial charge is 0.325 e. The van der Waals surface area contributed by atoms with Gasteiger partial charge in [-0.15, -0.1) is 10.2 Å². The fraction of sp³-hybridized carbons (Fsp3) is 0.0870. The number of amides is 1. The summed E-state index contributed by atoms with van der Waals surface area (Å²) < 4.78 is 1.88. The van der Waals surface area contributed by atoms with Gasteiger partial charge in [-0.05, 0) is 61.0 Å². The third kappa shape index (κ3) is 5.10. The van der Waals surface area contributed by atoms with Gasteiger partial charge in [-0.2, -0.15) is 0 Å². The molecule has 0 bridgehead atoms. The van der Waals surface area contributed by atoms with E-state index in [9.17, 15) is 4.79 Å². The molecule has 0 aliphatic carbocycles. The summed E-state index contributed by atoms with van der Waals surface area (Å²) in [4.78, 5) is 12.5. The highest BCUT2D eigenvalue weighted by atomic mass is 35.5. The van der Waals surface area contributed by atoms with Crippen molar-refractivity contribution in [3.05, 3.63) is 88.4 Å². The third-order valence-electron chi connectivity index (χ3n) is 4.47. The van der Waals surface area contributed by atoms with Crippen molar-refractivity contribution in [2.45, 2.75) is 12.1 Å². The van der Waals surface area contributed by atoms with E-state index in [1.165, 1.54) is 11.8 Å². The van der Waals surface area contributed by atoms with Crippen LogP contribution in [0.4, 0.5) is 5.69 Å². The summed E-state index contributed by atoms with van der Waals surface area (Å²) in [6.45, 7) is 1.98. The minimum Gasteiger partial charge on any atom is -0.325 e. The molecule has 0 saturated carbocycles. The van der Waals surface area contributed by atoms with Crippen molar-refractivity contribution in [1.82, 2.24) is 14.8 Å². The molecule has 0 unspecified atom stereocenters. The Morgan fingerprint density at radius 3 is 2.52 bits per heavy atom. The Labute approximate surface area is 194 Å². The number of anilines is 1. The van der Waals surface area contributed by atoms with E-state index in [4.69, 9.17) is 23.2 Å². The molecule has 8 heteroatoms. The van der Waals surface area contributed by atoms with Crippen LogP contribution in [0.1, 0.15) is 5.56 Å². The normalized spacial score (nSPS) is 10.8. The average molecular weight is 469 g/mol. The second-order valence-corrected chi connectivity index (χ2v) is 8.59. The van der Waals surface area contributed by atoms with Gasteiger partial charge in [0.05, 0.1) is 10.8 Å². The molecule has 0 radical (unpaired) electrons. The number of hydrogen-bond acceptors (Lipinski definition) is 4. The molecule has 156 valence electrons. The molecule has 0 aliphatic rings. The Morgan fingerprint density at radius 2 is 1.77 bits per heavy atom. The predicted octanol–water partition coefficient (Wildman–Crippen LogP) is 6.28. The minimum absolute atomic E-state index is 0.124. The first-order valence-electron chi connectivity index (χ1n) is 9.47. The molecular weight excluding hydrogens is 451 g/mol. The molecule has 0 saturated heterocycles.